The van der Waals surface area contributed by atoms with Crippen molar-refractivity contribution in [2.45, 2.75) is 52.2 Å². The van der Waals surface area contributed by atoms with E-state index in [1.807, 2.05) is 37.3 Å². The van der Waals surface area contributed by atoms with Crippen LogP contribution in [0.2, 0.25) is 0 Å². The molecular formula is C29H34N3Na2O6P. The number of nitrogens with zero attached hydrogens (tertiary/aromatic N) is 1. The number of benzene rings is 2. The molecule has 0 aliphatic carbocycles. The predicted molar refractivity (Wildman–Crippen MR) is 161 cm³/mol. The molecule has 1 atom stereocenters. The summed E-state index contributed by atoms with van der Waals surface area (Å²) in [7, 11) is -4.60. The fraction of sp³-hybridized carbons (Fsp3) is 0.345. The number of hydrogen-bond donors (Lipinski definition) is 4. The van der Waals surface area contributed by atoms with Gasteiger partial charge in [0.2, 0.25) is 5.91 Å². The zero-order chi connectivity index (χ0) is 27.6. The topological polar surface area (TPSA) is 128 Å². The molecule has 5 rings (SSSR count). The molecule has 0 bridgehead atoms. The van der Waals surface area contributed by atoms with Crippen molar-refractivity contribution in [3.05, 3.63) is 88.5 Å². The fourth-order valence-electron chi connectivity index (χ4n) is 5.22. The van der Waals surface area contributed by atoms with Crippen molar-refractivity contribution in [1.82, 2.24) is 10.3 Å². The summed E-state index contributed by atoms with van der Waals surface area (Å²) in [6, 6.07) is 15.3. The third-order valence-corrected chi connectivity index (χ3v) is 7.59. The summed E-state index contributed by atoms with van der Waals surface area (Å²) < 4.78 is 21.9. The monoisotopic (exact) mass is 597 g/mol. The molecule has 41 heavy (non-hydrogen) atoms. The van der Waals surface area contributed by atoms with Crippen molar-refractivity contribution in [2.75, 3.05) is 18.0 Å². The number of fused-ring (bicyclic) bond motifs is 1. The maximum atomic E-state index is 13.4. The summed E-state index contributed by atoms with van der Waals surface area (Å²) >= 11 is 0. The number of aryl methyl sites for hydroxylation is 2. The fourth-order valence-corrected chi connectivity index (χ4v) is 5.53. The second-order valence-electron chi connectivity index (χ2n) is 10.2. The molecule has 1 fully saturated rings. The van der Waals surface area contributed by atoms with Gasteiger partial charge in [-0.15, -0.1) is 0 Å². The third-order valence-electron chi connectivity index (χ3n) is 7.13. The molecule has 3 heterocycles. The van der Waals surface area contributed by atoms with Crippen molar-refractivity contribution in [3.63, 3.8) is 0 Å². The van der Waals surface area contributed by atoms with Crippen LogP contribution in [0, 0.1) is 13.8 Å². The molecule has 4 aromatic rings. The van der Waals surface area contributed by atoms with E-state index in [1.54, 1.807) is 6.20 Å². The van der Waals surface area contributed by atoms with Gasteiger partial charge in [0, 0.05) is 106 Å². The zero-order valence-electron chi connectivity index (χ0n) is 24.1. The van der Waals surface area contributed by atoms with Gasteiger partial charge in [-0.25, -0.2) is 4.57 Å². The Labute approximate surface area is 284 Å². The van der Waals surface area contributed by atoms with Gasteiger partial charge in [-0.2, -0.15) is 0 Å². The van der Waals surface area contributed by atoms with Crippen LogP contribution in [0.3, 0.4) is 0 Å². The molecule has 1 amide bonds. The number of carbonyl (C=O) groups is 1. The maximum absolute atomic E-state index is 13.4. The van der Waals surface area contributed by atoms with Gasteiger partial charge in [0.05, 0.1) is 13.0 Å². The molecular weight excluding hydrogens is 563 g/mol. The van der Waals surface area contributed by atoms with Crippen LogP contribution in [0.25, 0.3) is 10.9 Å². The molecule has 208 valence electrons. The van der Waals surface area contributed by atoms with E-state index in [1.165, 1.54) is 12.0 Å². The minimum atomic E-state index is -4.60. The van der Waals surface area contributed by atoms with E-state index in [2.05, 4.69) is 44.8 Å². The Morgan fingerprint density at radius 1 is 1.07 bits per heavy atom. The summed E-state index contributed by atoms with van der Waals surface area (Å²) in [5, 5.41) is 3.97. The van der Waals surface area contributed by atoms with E-state index in [0.29, 0.717) is 11.3 Å². The normalized spacial score (nSPS) is 14.3. The number of carbonyl (C=O) groups excluding carboxylic acids is 1. The number of anilines is 1. The smallest absolute Gasteiger partial charge is 0.464 e. The van der Waals surface area contributed by atoms with Crippen LogP contribution in [0.15, 0.2) is 59.1 Å². The molecule has 2 aromatic heterocycles. The molecule has 1 saturated heterocycles. The second-order valence-corrected chi connectivity index (χ2v) is 11.4. The van der Waals surface area contributed by atoms with E-state index >= 15 is 0 Å². The molecule has 1 aliphatic heterocycles. The van der Waals surface area contributed by atoms with Gasteiger partial charge in [0.1, 0.15) is 17.6 Å². The Morgan fingerprint density at radius 3 is 2.51 bits per heavy atom. The number of furan rings is 1. The first-order chi connectivity index (χ1) is 18.7. The average molecular weight is 598 g/mol. The number of aromatic nitrogens is 1. The summed E-state index contributed by atoms with van der Waals surface area (Å²) in [5.41, 5.74) is 5.45. The van der Waals surface area contributed by atoms with Crippen LogP contribution in [0.5, 0.6) is 0 Å². The predicted octanol–water partition coefficient (Wildman–Crippen LogP) is 4.66. The number of rotatable bonds is 9. The van der Waals surface area contributed by atoms with Gasteiger partial charge in [0.25, 0.3) is 0 Å². The van der Waals surface area contributed by atoms with Crippen LogP contribution >= 0.6 is 7.82 Å². The van der Waals surface area contributed by atoms with Crippen LogP contribution in [0.4, 0.5) is 5.69 Å². The Hall–Kier alpha value is -1.36. The number of H-pyrrole nitrogens is 1. The third kappa shape index (κ3) is 8.83. The summed E-state index contributed by atoms with van der Waals surface area (Å²) in [6.07, 6.45) is 5.30. The minimum absolute atomic E-state index is 0. The van der Waals surface area contributed by atoms with Crippen molar-refractivity contribution < 1.29 is 28.1 Å². The molecule has 1 aliphatic rings. The van der Waals surface area contributed by atoms with E-state index < -0.39 is 13.9 Å². The van der Waals surface area contributed by atoms with Crippen molar-refractivity contribution in [1.29, 1.82) is 0 Å². The van der Waals surface area contributed by atoms with E-state index in [4.69, 9.17) is 14.2 Å². The maximum Gasteiger partial charge on any atom is 0.469 e. The van der Waals surface area contributed by atoms with E-state index in [0.717, 1.165) is 59.4 Å². The Kier molecular flexibility index (Phi) is 12.4. The molecule has 0 saturated carbocycles. The standard InChI is InChI=1S/C29H34N3O6P.2Na/c1-19-6-9-23(26(14-19)32-12-4-3-5-13-32)29(27-11-7-20(2)38-27)31-28(33)16-21-8-10-25-24(15-21)22(17-30-25)18-37-39(34,35)36;;/h6-11,14-15,17,29-30H,3-5,12-13,16,18H2,1-2H3,(H,31,33)(H2,34,35,36);;. The SMILES string of the molecule is Cc1ccc(C(NC(=O)Cc2ccc3[nH]cc(COP(=O)(O)O)c3c2)c2ccc(C)o2)c(N2CCCCC2)c1.[Na].[Na]. The molecule has 12 heteroatoms. The quantitative estimate of drug-likeness (QED) is 0.163. The first-order valence-electron chi connectivity index (χ1n) is 13.2. The number of amides is 1. The largest absolute Gasteiger partial charge is 0.469 e. The summed E-state index contributed by atoms with van der Waals surface area (Å²) in [4.78, 5) is 37.1. The second kappa shape index (κ2) is 14.9. The van der Waals surface area contributed by atoms with Crippen molar-refractivity contribution in [2.24, 2.45) is 0 Å². The van der Waals surface area contributed by atoms with Gasteiger partial charge >= 0.3 is 7.82 Å². The van der Waals surface area contributed by atoms with E-state index in [-0.39, 0.29) is 78.0 Å². The molecule has 2 radical (unpaired) electrons. The number of phosphoric acid groups is 1. The number of phosphoric ester groups is 1. The molecule has 9 nitrogen and oxygen atoms in total. The number of nitrogens with one attached hydrogen (secondary N) is 2. The van der Waals surface area contributed by atoms with Gasteiger partial charge in [0.15, 0.2) is 0 Å². The van der Waals surface area contributed by atoms with Gasteiger partial charge < -0.3 is 29.4 Å². The minimum Gasteiger partial charge on any atom is -0.464 e. The Morgan fingerprint density at radius 2 is 1.83 bits per heavy atom. The van der Waals surface area contributed by atoms with Crippen LogP contribution in [-0.2, 0) is 26.9 Å². The molecule has 0 spiro atoms. The van der Waals surface area contributed by atoms with Crippen LogP contribution in [0.1, 0.15) is 59.1 Å². The summed E-state index contributed by atoms with van der Waals surface area (Å²) in [6.45, 7) is 5.70. The van der Waals surface area contributed by atoms with Crippen molar-refractivity contribution in [3.8, 4) is 0 Å². The van der Waals surface area contributed by atoms with E-state index in [9.17, 15) is 9.36 Å². The zero-order valence-corrected chi connectivity index (χ0v) is 29.0. The number of piperidine rings is 1. The van der Waals surface area contributed by atoms with Gasteiger partial charge in [-0.3, -0.25) is 9.32 Å². The average Bonchev–Trinajstić information content (AvgIpc) is 3.52. The Bertz CT molecular complexity index is 1530. The van der Waals surface area contributed by atoms with Gasteiger partial charge in [-0.05, 0) is 74.6 Å². The Balaban J connectivity index is 0.00000231. The summed E-state index contributed by atoms with van der Waals surface area (Å²) in [5.74, 6) is 1.29. The van der Waals surface area contributed by atoms with Crippen molar-refractivity contribution >= 4 is 89.4 Å². The molecule has 4 N–H and O–H groups in total. The molecule has 1 unspecified atom stereocenters. The van der Waals surface area contributed by atoms with Gasteiger partial charge in [-0.1, -0.05) is 18.2 Å². The first-order valence-corrected chi connectivity index (χ1v) is 14.7. The van der Waals surface area contributed by atoms with Crippen LogP contribution in [-0.4, -0.2) is 92.9 Å². The molecule has 2 aromatic carbocycles. The first kappa shape index (κ1) is 34.1. The van der Waals surface area contributed by atoms with Crippen LogP contribution < -0.4 is 10.2 Å². The number of hydrogen-bond acceptors (Lipinski definition) is 5. The number of aromatic amines is 1.